The fourth-order valence-corrected chi connectivity index (χ4v) is 2.68. The maximum absolute atomic E-state index is 8.98. The zero-order chi connectivity index (χ0) is 16.7. The number of aromatic nitrogens is 1. The zero-order valence-electron chi connectivity index (χ0n) is 13.5. The SMILES string of the molecule is Cl.Cl.O=[N+]([O-])O.OCCN1CCN(c2nccc3ccccc23)CC1. The van der Waals surface area contributed by atoms with E-state index in [4.69, 9.17) is 20.4 Å². The maximum atomic E-state index is 8.98. The molecule has 25 heavy (non-hydrogen) atoms. The lowest BCUT2D eigenvalue weighted by molar-refractivity contribution is -0.742. The number of β-amino-alcohol motifs (C(OH)–C–C–N with tert-alkyl or cyclic N) is 1. The Kier molecular flexibility index (Phi) is 10.8. The first-order chi connectivity index (χ1) is 11.1. The Hall–Kier alpha value is -1.87. The quantitative estimate of drug-likeness (QED) is 0.606. The van der Waals surface area contributed by atoms with Crippen LogP contribution in [0.5, 0.6) is 0 Å². The van der Waals surface area contributed by atoms with Gasteiger partial charge in [-0.15, -0.1) is 34.9 Å². The van der Waals surface area contributed by atoms with Gasteiger partial charge in [0.15, 0.2) is 0 Å². The normalized spacial score (nSPS) is 13.9. The Balaban J connectivity index is 0.000000874. The topological polar surface area (TPSA) is 103 Å². The minimum Gasteiger partial charge on any atom is -0.395 e. The number of benzene rings is 1. The predicted octanol–water partition coefficient (Wildman–Crippen LogP) is 1.85. The van der Waals surface area contributed by atoms with Crippen molar-refractivity contribution in [3.63, 3.8) is 0 Å². The molecule has 140 valence electrons. The van der Waals surface area contributed by atoms with E-state index in [0.717, 1.165) is 38.5 Å². The van der Waals surface area contributed by atoms with Gasteiger partial charge in [-0.2, -0.15) is 0 Å². The first kappa shape index (κ1) is 23.1. The first-order valence-electron chi connectivity index (χ1n) is 7.37. The average molecular weight is 393 g/mol. The van der Waals surface area contributed by atoms with Crippen LogP contribution in [-0.4, -0.2) is 64.6 Å². The Labute approximate surface area is 158 Å². The Morgan fingerprint density at radius 2 is 1.72 bits per heavy atom. The maximum Gasteiger partial charge on any atom is 0.291 e. The third-order valence-electron chi connectivity index (χ3n) is 3.74. The van der Waals surface area contributed by atoms with Gasteiger partial charge < -0.3 is 15.2 Å². The van der Waals surface area contributed by atoms with Gasteiger partial charge in [0.2, 0.25) is 0 Å². The second-order valence-electron chi connectivity index (χ2n) is 5.15. The van der Waals surface area contributed by atoms with Crippen molar-refractivity contribution in [2.45, 2.75) is 0 Å². The minimum atomic E-state index is -1.50. The van der Waals surface area contributed by atoms with E-state index in [1.807, 2.05) is 6.20 Å². The monoisotopic (exact) mass is 392 g/mol. The number of rotatable bonds is 3. The number of anilines is 1. The number of pyridine rings is 1. The Morgan fingerprint density at radius 3 is 2.32 bits per heavy atom. The molecule has 0 atom stereocenters. The second-order valence-corrected chi connectivity index (χ2v) is 5.15. The third-order valence-corrected chi connectivity index (χ3v) is 3.74. The summed E-state index contributed by atoms with van der Waals surface area (Å²) in [7, 11) is 0. The van der Waals surface area contributed by atoms with Crippen molar-refractivity contribution in [3.8, 4) is 0 Å². The highest BCUT2D eigenvalue weighted by Gasteiger charge is 2.18. The van der Waals surface area contributed by atoms with E-state index in [1.54, 1.807) is 0 Å². The molecule has 2 aromatic rings. The highest BCUT2D eigenvalue weighted by molar-refractivity contribution is 5.92. The predicted molar refractivity (Wildman–Crippen MR) is 101 cm³/mol. The summed E-state index contributed by atoms with van der Waals surface area (Å²) in [4.78, 5) is 17.6. The molecule has 0 saturated carbocycles. The number of hydrogen-bond acceptors (Lipinski definition) is 6. The lowest BCUT2D eigenvalue weighted by Gasteiger charge is -2.35. The van der Waals surface area contributed by atoms with Crippen LogP contribution in [0, 0.1) is 10.1 Å². The molecule has 0 radical (unpaired) electrons. The van der Waals surface area contributed by atoms with Crippen molar-refractivity contribution < 1.29 is 15.4 Å². The zero-order valence-corrected chi connectivity index (χ0v) is 15.2. The molecule has 0 amide bonds. The number of piperazine rings is 1. The van der Waals surface area contributed by atoms with Gasteiger partial charge in [0.25, 0.3) is 5.09 Å². The molecule has 1 aromatic carbocycles. The molecule has 0 unspecified atom stereocenters. The highest BCUT2D eigenvalue weighted by atomic mass is 35.5. The molecule has 1 aliphatic rings. The van der Waals surface area contributed by atoms with E-state index in [9.17, 15) is 0 Å². The van der Waals surface area contributed by atoms with Crippen molar-refractivity contribution in [1.82, 2.24) is 9.88 Å². The van der Waals surface area contributed by atoms with Gasteiger partial charge in [-0.3, -0.25) is 4.90 Å². The van der Waals surface area contributed by atoms with Gasteiger partial charge in [0.05, 0.1) is 6.61 Å². The molecular formula is C15H22Cl2N4O4. The fourth-order valence-electron chi connectivity index (χ4n) is 2.68. The van der Waals surface area contributed by atoms with Crippen LogP contribution >= 0.6 is 24.8 Å². The molecule has 0 bridgehead atoms. The van der Waals surface area contributed by atoms with Crippen LogP contribution in [0.2, 0.25) is 0 Å². The molecule has 8 nitrogen and oxygen atoms in total. The number of hydrogen-bond donors (Lipinski definition) is 2. The molecule has 1 aromatic heterocycles. The van der Waals surface area contributed by atoms with Crippen molar-refractivity contribution >= 4 is 41.4 Å². The number of aliphatic hydroxyl groups is 1. The van der Waals surface area contributed by atoms with Crippen LogP contribution in [0.4, 0.5) is 5.82 Å². The molecule has 3 rings (SSSR count). The summed E-state index contributed by atoms with van der Waals surface area (Å²) >= 11 is 0. The van der Waals surface area contributed by atoms with Crippen LogP contribution in [0.1, 0.15) is 0 Å². The summed E-state index contributed by atoms with van der Waals surface area (Å²) < 4.78 is 0. The summed E-state index contributed by atoms with van der Waals surface area (Å²) in [5.41, 5.74) is 0. The fraction of sp³-hybridized carbons (Fsp3) is 0.400. The van der Waals surface area contributed by atoms with Crippen molar-refractivity contribution in [2.75, 3.05) is 44.2 Å². The lowest BCUT2D eigenvalue weighted by atomic mass is 10.1. The highest BCUT2D eigenvalue weighted by Crippen LogP contribution is 2.24. The van der Waals surface area contributed by atoms with Crippen LogP contribution in [0.25, 0.3) is 10.8 Å². The largest absolute Gasteiger partial charge is 0.395 e. The van der Waals surface area contributed by atoms with Gasteiger partial charge in [-0.05, 0) is 11.5 Å². The second kappa shape index (κ2) is 11.6. The molecule has 10 heteroatoms. The first-order valence-corrected chi connectivity index (χ1v) is 7.37. The number of nitrogens with zero attached hydrogens (tertiary/aromatic N) is 4. The van der Waals surface area contributed by atoms with Gasteiger partial charge in [0, 0.05) is 44.3 Å². The van der Waals surface area contributed by atoms with Crippen molar-refractivity contribution in [1.29, 1.82) is 0 Å². The lowest BCUT2D eigenvalue weighted by Crippen LogP contribution is -2.47. The van der Waals surface area contributed by atoms with E-state index in [-0.39, 0.29) is 31.4 Å². The van der Waals surface area contributed by atoms with E-state index in [1.165, 1.54) is 10.8 Å². The molecule has 2 N–H and O–H groups in total. The number of fused-ring (bicyclic) bond motifs is 1. The Morgan fingerprint density at radius 1 is 1.12 bits per heavy atom. The van der Waals surface area contributed by atoms with E-state index in [2.05, 4.69) is 45.1 Å². The smallest absolute Gasteiger partial charge is 0.291 e. The minimum absolute atomic E-state index is 0. The summed E-state index contributed by atoms with van der Waals surface area (Å²) in [6, 6.07) is 10.4. The van der Waals surface area contributed by atoms with E-state index < -0.39 is 5.09 Å². The summed E-state index contributed by atoms with van der Waals surface area (Å²) in [6.45, 7) is 4.95. The van der Waals surface area contributed by atoms with Crippen LogP contribution in [0.15, 0.2) is 36.5 Å². The molecule has 1 fully saturated rings. The standard InChI is InChI=1S/C15H19N3O.2ClH.HNO3/c19-12-11-17-7-9-18(10-8-17)15-14-4-2-1-3-13(14)5-6-16-15;;;2-1(3)4/h1-6,19H,7-12H2;2*1H;(H,2,3,4). The van der Waals surface area contributed by atoms with Crippen molar-refractivity contribution in [3.05, 3.63) is 46.6 Å². The number of aliphatic hydroxyl groups excluding tert-OH is 1. The Bertz CT molecular complexity index is 645. The summed E-state index contributed by atoms with van der Waals surface area (Å²) in [6.07, 6.45) is 1.89. The molecule has 2 heterocycles. The van der Waals surface area contributed by atoms with Crippen LogP contribution in [-0.2, 0) is 0 Å². The molecular weight excluding hydrogens is 371 g/mol. The van der Waals surface area contributed by atoms with Gasteiger partial charge in [0.1, 0.15) is 5.82 Å². The average Bonchev–Trinajstić information content (AvgIpc) is 2.55. The summed E-state index contributed by atoms with van der Waals surface area (Å²) in [5, 5.41) is 25.1. The van der Waals surface area contributed by atoms with Crippen LogP contribution < -0.4 is 4.90 Å². The van der Waals surface area contributed by atoms with Gasteiger partial charge in [-0.25, -0.2) is 4.98 Å². The van der Waals surface area contributed by atoms with Crippen LogP contribution in [0.3, 0.4) is 0 Å². The van der Waals surface area contributed by atoms with Gasteiger partial charge in [-0.1, -0.05) is 24.3 Å². The van der Waals surface area contributed by atoms with E-state index in [0.29, 0.717) is 0 Å². The molecule has 1 aliphatic heterocycles. The van der Waals surface area contributed by atoms with E-state index >= 15 is 0 Å². The van der Waals surface area contributed by atoms with Crippen molar-refractivity contribution in [2.24, 2.45) is 0 Å². The van der Waals surface area contributed by atoms with Gasteiger partial charge >= 0.3 is 0 Å². The molecule has 1 saturated heterocycles. The third kappa shape index (κ3) is 6.87. The molecule has 0 spiro atoms. The molecule has 0 aliphatic carbocycles. The number of halogens is 2. The summed E-state index contributed by atoms with van der Waals surface area (Å²) in [5.74, 6) is 1.08.